The van der Waals surface area contributed by atoms with Crippen molar-refractivity contribution in [3.63, 3.8) is 0 Å². The Morgan fingerprint density at radius 3 is 2.23 bits per heavy atom. The van der Waals surface area contributed by atoms with Crippen LogP contribution in [0.25, 0.3) is 0 Å². The number of guanidine groups is 1. The number of nitrogens with one attached hydrogen (secondary N) is 1. The van der Waals surface area contributed by atoms with E-state index in [0.717, 1.165) is 12.5 Å². The first-order valence-corrected chi connectivity index (χ1v) is 12.1. The second kappa shape index (κ2) is 13.6. The maximum absolute atomic E-state index is 12.5. The molecule has 1 fully saturated rings. The molecule has 1 aliphatic heterocycles. The summed E-state index contributed by atoms with van der Waals surface area (Å²) in [6.07, 6.45) is 0.0376. The third-order valence-electron chi connectivity index (χ3n) is 4.91. The summed E-state index contributed by atoms with van der Waals surface area (Å²) in [5, 5.41) is 3.39. The molecule has 1 aromatic carbocycles. The molecule has 0 aromatic heterocycles. The van der Waals surface area contributed by atoms with Crippen LogP contribution in [-0.2, 0) is 27.8 Å². The zero-order valence-electron chi connectivity index (χ0n) is 19.4. The van der Waals surface area contributed by atoms with Gasteiger partial charge in [-0.15, -0.1) is 24.0 Å². The molecule has 0 spiro atoms. The van der Waals surface area contributed by atoms with Crippen molar-refractivity contribution in [3.05, 3.63) is 35.4 Å². The molecule has 1 aliphatic rings. The summed E-state index contributed by atoms with van der Waals surface area (Å²) in [4.78, 5) is 8.63. The number of ether oxygens (including phenoxy) is 1. The second-order valence-electron chi connectivity index (χ2n) is 8.08. The van der Waals surface area contributed by atoms with E-state index in [1.54, 1.807) is 11.4 Å². The van der Waals surface area contributed by atoms with E-state index in [9.17, 15) is 8.42 Å². The van der Waals surface area contributed by atoms with Gasteiger partial charge < -0.3 is 19.9 Å². The molecule has 2 rings (SSSR count). The number of rotatable bonds is 9. The first-order chi connectivity index (χ1) is 14.2. The van der Waals surface area contributed by atoms with Crippen molar-refractivity contribution in [1.29, 1.82) is 0 Å². The van der Waals surface area contributed by atoms with Crippen LogP contribution in [0.3, 0.4) is 0 Å². The smallest absolute Gasteiger partial charge is 0.216 e. The number of aliphatic imine (C=N–C) groups is 1. The number of halogens is 1. The van der Waals surface area contributed by atoms with Crippen LogP contribution in [0, 0.1) is 0 Å². The first kappa shape index (κ1) is 28.1. The standard InChI is InChI=1S/C21H37N5O3S.HI/c1-18(2)29-14-15-30(27,28)26-12-10-25(11-13-26)21(22-3)23-16-19-6-8-20(9-7-19)17-24(4)5;/h6-9,18H,10-17H2,1-5H3,(H,22,23);1H. The van der Waals surface area contributed by atoms with Crippen LogP contribution in [-0.4, -0.2) is 94.3 Å². The molecule has 0 aliphatic carbocycles. The first-order valence-electron chi connectivity index (χ1n) is 10.5. The van der Waals surface area contributed by atoms with Gasteiger partial charge in [0.15, 0.2) is 5.96 Å². The Morgan fingerprint density at radius 1 is 1.13 bits per heavy atom. The fourth-order valence-corrected chi connectivity index (χ4v) is 4.62. The predicted octanol–water partition coefficient (Wildman–Crippen LogP) is 1.81. The molecule has 1 heterocycles. The molecule has 8 nitrogen and oxygen atoms in total. The molecular weight excluding hydrogens is 529 g/mol. The van der Waals surface area contributed by atoms with Gasteiger partial charge in [0.1, 0.15) is 0 Å². The molecule has 1 saturated heterocycles. The summed E-state index contributed by atoms with van der Waals surface area (Å²) in [5.41, 5.74) is 2.47. The largest absolute Gasteiger partial charge is 0.378 e. The number of hydrogen-bond donors (Lipinski definition) is 1. The summed E-state index contributed by atoms with van der Waals surface area (Å²) < 4.78 is 32.0. The lowest BCUT2D eigenvalue weighted by atomic mass is 10.1. The SMILES string of the molecule is CN=C(NCc1ccc(CN(C)C)cc1)N1CCN(S(=O)(=O)CCOC(C)C)CC1.I. The maximum Gasteiger partial charge on any atom is 0.216 e. The average Bonchev–Trinajstić information content (AvgIpc) is 2.69. The Balaban J connectivity index is 0.00000480. The molecule has 178 valence electrons. The third-order valence-corrected chi connectivity index (χ3v) is 6.74. The highest BCUT2D eigenvalue weighted by Gasteiger charge is 2.27. The quantitative estimate of drug-likeness (QED) is 0.279. The normalized spacial score (nSPS) is 16.0. The van der Waals surface area contributed by atoms with Crippen LogP contribution in [0.1, 0.15) is 25.0 Å². The van der Waals surface area contributed by atoms with E-state index >= 15 is 0 Å². The Labute approximate surface area is 205 Å². The van der Waals surface area contributed by atoms with E-state index < -0.39 is 10.0 Å². The van der Waals surface area contributed by atoms with Crippen molar-refractivity contribution < 1.29 is 13.2 Å². The summed E-state index contributed by atoms with van der Waals surface area (Å²) in [6.45, 7) is 7.80. The molecule has 0 amide bonds. The van der Waals surface area contributed by atoms with Crippen LogP contribution in [0.5, 0.6) is 0 Å². The zero-order valence-corrected chi connectivity index (χ0v) is 22.5. The lowest BCUT2D eigenvalue weighted by Crippen LogP contribution is -2.54. The van der Waals surface area contributed by atoms with E-state index in [1.165, 1.54) is 11.1 Å². The van der Waals surface area contributed by atoms with Crippen molar-refractivity contribution in [2.24, 2.45) is 4.99 Å². The monoisotopic (exact) mass is 567 g/mol. The van der Waals surface area contributed by atoms with Crippen LogP contribution >= 0.6 is 24.0 Å². The molecule has 0 atom stereocenters. The Bertz CT molecular complexity index is 777. The Morgan fingerprint density at radius 2 is 1.71 bits per heavy atom. The molecule has 31 heavy (non-hydrogen) atoms. The summed E-state index contributed by atoms with van der Waals surface area (Å²) >= 11 is 0. The third kappa shape index (κ3) is 9.60. The van der Waals surface area contributed by atoms with Crippen LogP contribution in [0.4, 0.5) is 0 Å². The highest BCUT2D eigenvalue weighted by Crippen LogP contribution is 2.10. The summed E-state index contributed by atoms with van der Waals surface area (Å²) in [5.74, 6) is 0.828. The molecule has 1 aromatic rings. The molecule has 0 saturated carbocycles. The fourth-order valence-electron chi connectivity index (χ4n) is 3.34. The summed E-state index contributed by atoms with van der Waals surface area (Å²) in [6, 6.07) is 8.55. The van der Waals surface area contributed by atoms with Crippen LogP contribution < -0.4 is 5.32 Å². The fraction of sp³-hybridized carbons (Fsp3) is 0.667. The van der Waals surface area contributed by atoms with Gasteiger partial charge in [-0.1, -0.05) is 24.3 Å². The van der Waals surface area contributed by atoms with Gasteiger partial charge in [-0.2, -0.15) is 4.31 Å². The minimum Gasteiger partial charge on any atom is -0.378 e. The Kier molecular flexibility index (Phi) is 12.3. The minimum atomic E-state index is -3.29. The van der Waals surface area contributed by atoms with E-state index in [0.29, 0.717) is 32.7 Å². The molecule has 1 N–H and O–H groups in total. The van der Waals surface area contributed by atoms with Gasteiger partial charge in [0.25, 0.3) is 0 Å². The van der Waals surface area contributed by atoms with Gasteiger partial charge >= 0.3 is 0 Å². The number of piperazine rings is 1. The van der Waals surface area contributed by atoms with E-state index in [1.807, 2.05) is 13.8 Å². The number of hydrogen-bond acceptors (Lipinski definition) is 5. The van der Waals surface area contributed by atoms with Crippen molar-refractivity contribution >= 4 is 40.0 Å². The van der Waals surface area contributed by atoms with Crippen molar-refractivity contribution in [2.75, 3.05) is 59.7 Å². The number of nitrogens with zero attached hydrogens (tertiary/aromatic N) is 4. The predicted molar refractivity (Wildman–Crippen MR) is 137 cm³/mol. The van der Waals surface area contributed by atoms with Gasteiger partial charge in [0.05, 0.1) is 18.5 Å². The van der Waals surface area contributed by atoms with Crippen molar-refractivity contribution in [1.82, 2.24) is 19.4 Å². The molecule has 10 heteroatoms. The second-order valence-corrected chi connectivity index (χ2v) is 10.2. The molecule has 0 bridgehead atoms. The molecular formula is C21H38IN5O3S. The van der Waals surface area contributed by atoms with Crippen molar-refractivity contribution in [2.45, 2.75) is 33.0 Å². The molecule has 0 unspecified atom stereocenters. The Hall–Kier alpha value is -0.950. The zero-order chi connectivity index (χ0) is 22.1. The lowest BCUT2D eigenvalue weighted by molar-refractivity contribution is 0.0904. The topological polar surface area (TPSA) is 77.5 Å². The average molecular weight is 568 g/mol. The summed E-state index contributed by atoms with van der Waals surface area (Å²) in [7, 11) is 2.59. The highest BCUT2D eigenvalue weighted by atomic mass is 127. The van der Waals surface area contributed by atoms with Gasteiger partial charge in [-0.05, 0) is 39.1 Å². The van der Waals surface area contributed by atoms with Gasteiger partial charge in [0.2, 0.25) is 10.0 Å². The maximum atomic E-state index is 12.5. The van der Waals surface area contributed by atoms with Crippen molar-refractivity contribution in [3.8, 4) is 0 Å². The van der Waals surface area contributed by atoms with Gasteiger partial charge in [-0.25, -0.2) is 8.42 Å². The van der Waals surface area contributed by atoms with E-state index in [-0.39, 0.29) is 42.4 Å². The highest BCUT2D eigenvalue weighted by molar-refractivity contribution is 14.0. The van der Waals surface area contributed by atoms with Crippen LogP contribution in [0.15, 0.2) is 29.3 Å². The van der Waals surface area contributed by atoms with Gasteiger partial charge in [-0.3, -0.25) is 4.99 Å². The van der Waals surface area contributed by atoms with Gasteiger partial charge in [0, 0.05) is 46.3 Å². The number of benzene rings is 1. The van der Waals surface area contributed by atoms with E-state index in [4.69, 9.17) is 4.74 Å². The molecule has 0 radical (unpaired) electrons. The lowest BCUT2D eigenvalue weighted by Gasteiger charge is -2.35. The number of sulfonamides is 1. The minimum absolute atomic E-state index is 0. The van der Waals surface area contributed by atoms with Crippen LogP contribution in [0.2, 0.25) is 0 Å². The van der Waals surface area contributed by atoms with E-state index in [2.05, 4.69) is 58.5 Å².